The van der Waals surface area contributed by atoms with Crippen LogP contribution in [-0.4, -0.2) is 55.0 Å². The van der Waals surface area contributed by atoms with E-state index in [0.717, 1.165) is 68.1 Å². The van der Waals surface area contributed by atoms with Crippen molar-refractivity contribution >= 4 is 17.7 Å². The third-order valence-corrected chi connectivity index (χ3v) is 6.51. The van der Waals surface area contributed by atoms with Gasteiger partial charge in [-0.2, -0.15) is 0 Å². The van der Waals surface area contributed by atoms with Gasteiger partial charge in [-0.3, -0.25) is 4.99 Å². The largest absolute Gasteiger partial charge is 0.352 e. The number of hydrogen-bond acceptors (Lipinski definition) is 2. The topological polar surface area (TPSA) is 60.0 Å². The van der Waals surface area contributed by atoms with Crippen LogP contribution in [0.1, 0.15) is 44.1 Å². The van der Waals surface area contributed by atoms with Gasteiger partial charge in [0, 0.05) is 45.5 Å². The number of nitrogens with one attached hydrogen (secondary N) is 2. The van der Waals surface area contributed by atoms with Gasteiger partial charge in [0.15, 0.2) is 5.96 Å². The molecule has 1 saturated carbocycles. The Morgan fingerprint density at radius 3 is 2.46 bits per heavy atom. The van der Waals surface area contributed by atoms with Crippen LogP contribution < -0.4 is 10.6 Å². The van der Waals surface area contributed by atoms with E-state index in [1.165, 1.54) is 25.7 Å². The summed E-state index contributed by atoms with van der Waals surface area (Å²) in [6.45, 7) is 4.71. The summed E-state index contributed by atoms with van der Waals surface area (Å²) in [5.41, 5.74) is 2.01. The van der Waals surface area contributed by atoms with Crippen LogP contribution in [0.2, 0.25) is 0 Å². The molecule has 0 radical (unpaired) electrons. The summed E-state index contributed by atoms with van der Waals surface area (Å²) in [5, 5.41) is 6.56. The number of carbonyl (C=O) groups excluding carboxylic acids is 1. The summed E-state index contributed by atoms with van der Waals surface area (Å²) in [6, 6.07) is 8.12. The second-order valence-electron chi connectivity index (χ2n) is 8.44. The lowest BCUT2D eigenvalue weighted by Crippen LogP contribution is -2.39. The third-order valence-electron chi connectivity index (χ3n) is 6.51. The Hall–Kier alpha value is -2.24. The molecule has 4 rings (SSSR count). The molecule has 2 atom stereocenters. The number of fused-ring (bicyclic) bond motifs is 1. The number of hydrogen-bond donors (Lipinski definition) is 2. The number of benzene rings is 1. The predicted molar refractivity (Wildman–Crippen MR) is 113 cm³/mol. The molecule has 0 aromatic heterocycles. The predicted octanol–water partition coefficient (Wildman–Crippen LogP) is 3.51. The van der Waals surface area contributed by atoms with E-state index in [9.17, 15) is 4.79 Å². The summed E-state index contributed by atoms with van der Waals surface area (Å²) in [6.07, 6.45) is 7.73. The normalized spacial score (nSPS) is 25.0. The molecule has 2 heterocycles. The van der Waals surface area contributed by atoms with Crippen molar-refractivity contribution in [3.8, 4) is 0 Å². The molecule has 2 aliphatic heterocycles. The zero-order valence-corrected chi connectivity index (χ0v) is 17.0. The molecular formula is C22H33N5O. The molecule has 1 aromatic carbocycles. The van der Waals surface area contributed by atoms with Crippen molar-refractivity contribution in [2.24, 2.45) is 16.8 Å². The van der Waals surface area contributed by atoms with Crippen LogP contribution in [0, 0.1) is 11.8 Å². The van der Waals surface area contributed by atoms with Crippen LogP contribution in [0.5, 0.6) is 0 Å². The molecule has 6 heteroatoms. The van der Waals surface area contributed by atoms with Gasteiger partial charge in [-0.25, -0.2) is 4.79 Å². The zero-order chi connectivity index (χ0) is 19.3. The van der Waals surface area contributed by atoms with E-state index in [4.69, 9.17) is 0 Å². The minimum atomic E-state index is 0.0121. The van der Waals surface area contributed by atoms with Gasteiger partial charge in [-0.1, -0.05) is 25.0 Å². The van der Waals surface area contributed by atoms with Crippen LogP contribution in [0.15, 0.2) is 29.3 Å². The number of aliphatic imine (C=N–C) groups is 1. The average Bonchev–Trinajstić information content (AvgIpc) is 3.39. The van der Waals surface area contributed by atoms with E-state index < -0.39 is 0 Å². The first kappa shape index (κ1) is 19.1. The zero-order valence-electron chi connectivity index (χ0n) is 17.0. The third kappa shape index (κ3) is 4.42. The van der Waals surface area contributed by atoms with Crippen LogP contribution in [-0.2, 0) is 6.54 Å². The van der Waals surface area contributed by atoms with Crippen molar-refractivity contribution < 1.29 is 4.79 Å². The monoisotopic (exact) mass is 383 g/mol. The van der Waals surface area contributed by atoms with Gasteiger partial charge in [-0.05, 0) is 55.2 Å². The summed E-state index contributed by atoms with van der Waals surface area (Å²) >= 11 is 0. The minimum Gasteiger partial charge on any atom is -0.352 e. The highest BCUT2D eigenvalue weighted by Gasteiger charge is 2.35. The van der Waals surface area contributed by atoms with E-state index in [2.05, 4.69) is 32.7 Å². The Kier molecular flexibility index (Phi) is 6.03. The number of likely N-dealkylation sites (tertiary alicyclic amines) is 2. The van der Waals surface area contributed by atoms with E-state index in [-0.39, 0.29) is 6.03 Å². The highest BCUT2D eigenvalue weighted by atomic mass is 16.2. The van der Waals surface area contributed by atoms with Crippen molar-refractivity contribution in [3.05, 3.63) is 29.8 Å². The maximum Gasteiger partial charge on any atom is 0.321 e. The maximum absolute atomic E-state index is 12.3. The number of amides is 2. The molecule has 3 aliphatic rings. The standard InChI is InChI=1S/C22H33N5O/c1-23-21(27-15-18-8-2-3-9-19(18)16-27)24-14-17-7-6-10-20(13-17)25-22(28)26-11-4-5-12-26/h6-7,10,13,18-19H,2-5,8-9,11-12,14-16H2,1H3,(H,23,24)(H,25,28). The van der Waals surface area contributed by atoms with Crippen LogP contribution >= 0.6 is 0 Å². The second kappa shape index (κ2) is 8.84. The van der Waals surface area contributed by atoms with E-state index in [0.29, 0.717) is 6.54 Å². The van der Waals surface area contributed by atoms with Crippen molar-refractivity contribution in [2.45, 2.75) is 45.1 Å². The number of rotatable bonds is 3. The Morgan fingerprint density at radius 2 is 1.79 bits per heavy atom. The van der Waals surface area contributed by atoms with E-state index in [1.54, 1.807) is 0 Å². The number of carbonyl (C=O) groups is 1. The van der Waals surface area contributed by atoms with Gasteiger partial charge in [0.25, 0.3) is 0 Å². The minimum absolute atomic E-state index is 0.0121. The maximum atomic E-state index is 12.3. The Balaban J connectivity index is 1.32. The SMILES string of the molecule is CN=C(NCc1cccc(NC(=O)N2CCCC2)c1)N1CC2CCCCC2C1. The molecule has 28 heavy (non-hydrogen) atoms. The highest BCUT2D eigenvalue weighted by Crippen LogP contribution is 2.35. The Labute approximate surface area is 168 Å². The summed E-state index contributed by atoms with van der Waals surface area (Å²) in [7, 11) is 1.87. The van der Waals surface area contributed by atoms with Gasteiger partial charge in [-0.15, -0.1) is 0 Å². The van der Waals surface area contributed by atoms with Crippen LogP contribution in [0.25, 0.3) is 0 Å². The lowest BCUT2D eigenvalue weighted by atomic mass is 9.82. The summed E-state index contributed by atoms with van der Waals surface area (Å²) in [5.74, 6) is 2.69. The molecule has 0 bridgehead atoms. The fourth-order valence-electron chi connectivity index (χ4n) is 4.97. The Bertz CT molecular complexity index is 699. The molecule has 3 fully saturated rings. The summed E-state index contributed by atoms with van der Waals surface area (Å²) in [4.78, 5) is 21.1. The molecule has 2 unspecified atom stereocenters. The highest BCUT2D eigenvalue weighted by molar-refractivity contribution is 5.89. The van der Waals surface area contributed by atoms with Crippen LogP contribution in [0.4, 0.5) is 10.5 Å². The first-order chi connectivity index (χ1) is 13.7. The fraction of sp³-hybridized carbons (Fsp3) is 0.636. The Morgan fingerprint density at radius 1 is 1.07 bits per heavy atom. The number of guanidine groups is 1. The number of nitrogens with zero attached hydrogens (tertiary/aromatic N) is 3. The lowest BCUT2D eigenvalue weighted by molar-refractivity contribution is 0.222. The number of anilines is 1. The average molecular weight is 384 g/mol. The molecule has 152 valence electrons. The van der Waals surface area contributed by atoms with Crippen molar-refractivity contribution in [1.29, 1.82) is 0 Å². The van der Waals surface area contributed by atoms with Crippen molar-refractivity contribution in [2.75, 3.05) is 38.5 Å². The molecule has 6 nitrogen and oxygen atoms in total. The van der Waals surface area contributed by atoms with Gasteiger partial charge in [0.2, 0.25) is 0 Å². The molecule has 2 N–H and O–H groups in total. The molecule has 2 saturated heterocycles. The first-order valence-electron chi connectivity index (χ1n) is 10.8. The molecule has 1 aromatic rings. The quantitative estimate of drug-likeness (QED) is 0.620. The van der Waals surface area contributed by atoms with E-state index in [1.807, 2.05) is 24.1 Å². The lowest BCUT2D eigenvalue weighted by Gasteiger charge is -2.22. The number of urea groups is 1. The summed E-state index contributed by atoms with van der Waals surface area (Å²) < 4.78 is 0. The van der Waals surface area contributed by atoms with Crippen molar-refractivity contribution in [3.63, 3.8) is 0 Å². The van der Waals surface area contributed by atoms with Gasteiger partial charge < -0.3 is 20.4 Å². The fourth-order valence-corrected chi connectivity index (χ4v) is 4.97. The molecule has 2 amide bonds. The first-order valence-corrected chi connectivity index (χ1v) is 10.8. The van der Waals surface area contributed by atoms with Gasteiger partial charge in [0.1, 0.15) is 0 Å². The second-order valence-corrected chi connectivity index (χ2v) is 8.44. The van der Waals surface area contributed by atoms with Crippen molar-refractivity contribution in [1.82, 2.24) is 15.1 Å². The van der Waals surface area contributed by atoms with E-state index >= 15 is 0 Å². The molecular weight excluding hydrogens is 350 g/mol. The molecule has 1 aliphatic carbocycles. The van der Waals surface area contributed by atoms with Gasteiger partial charge in [0.05, 0.1) is 0 Å². The van der Waals surface area contributed by atoms with Gasteiger partial charge >= 0.3 is 6.03 Å². The molecule has 0 spiro atoms. The smallest absolute Gasteiger partial charge is 0.321 e. The van der Waals surface area contributed by atoms with Crippen LogP contribution in [0.3, 0.4) is 0 Å².